The predicted octanol–water partition coefficient (Wildman–Crippen LogP) is 2.41. The van der Waals surface area contributed by atoms with Crippen LogP contribution in [0.2, 0.25) is 5.02 Å². The summed E-state index contributed by atoms with van der Waals surface area (Å²) in [4.78, 5) is 12.0. The smallest absolute Gasteiger partial charge is 0.255 e. The first kappa shape index (κ1) is 15.0. The maximum atomic E-state index is 12.0. The van der Waals surface area contributed by atoms with Crippen LogP contribution in [-0.2, 0) is 0 Å². The van der Waals surface area contributed by atoms with E-state index in [0.717, 1.165) is 0 Å². The van der Waals surface area contributed by atoms with Gasteiger partial charge in [-0.3, -0.25) is 4.79 Å². The van der Waals surface area contributed by atoms with Crippen molar-refractivity contribution in [3.05, 3.63) is 22.7 Å². The lowest BCUT2D eigenvalue weighted by atomic mass is 10.1. The zero-order valence-electron chi connectivity index (χ0n) is 10.6. The Kier molecular flexibility index (Phi) is 5.62. The van der Waals surface area contributed by atoms with Crippen LogP contribution in [0, 0.1) is 0 Å². The summed E-state index contributed by atoms with van der Waals surface area (Å²) >= 11 is 7.60. The molecule has 0 heterocycles. The number of carbonyl (C=O) groups excluding carboxylic acids is 1. The monoisotopic (exact) mass is 288 g/mol. The zero-order chi connectivity index (χ0) is 13.7. The quantitative estimate of drug-likeness (QED) is 0.817. The first-order valence-corrected chi connectivity index (χ1v) is 7.10. The van der Waals surface area contributed by atoms with Crippen LogP contribution in [0.3, 0.4) is 0 Å². The molecular weight excluding hydrogens is 272 g/mol. The van der Waals surface area contributed by atoms with E-state index in [1.807, 2.05) is 13.2 Å². The summed E-state index contributed by atoms with van der Waals surface area (Å²) < 4.78 is 5.13. The molecule has 1 unspecified atom stereocenters. The van der Waals surface area contributed by atoms with E-state index in [9.17, 15) is 4.79 Å². The molecule has 0 aliphatic rings. The minimum Gasteiger partial charge on any atom is -0.496 e. The summed E-state index contributed by atoms with van der Waals surface area (Å²) in [6.07, 6.45) is 2.00. The van der Waals surface area contributed by atoms with E-state index in [0.29, 0.717) is 33.8 Å². The number of methoxy groups -OCH3 is 1. The van der Waals surface area contributed by atoms with Crippen LogP contribution in [0.25, 0.3) is 0 Å². The minimum atomic E-state index is -0.213. The molecule has 0 radical (unpaired) electrons. The summed E-state index contributed by atoms with van der Waals surface area (Å²) in [6, 6.07) is 3.07. The number of thioether (sulfide) groups is 1. The Morgan fingerprint density at radius 3 is 2.83 bits per heavy atom. The molecule has 4 nitrogen and oxygen atoms in total. The van der Waals surface area contributed by atoms with Crippen molar-refractivity contribution < 1.29 is 9.53 Å². The molecular formula is C12H17ClN2O2S. The Hall–Kier alpha value is -1.07. The van der Waals surface area contributed by atoms with Gasteiger partial charge in [0, 0.05) is 17.9 Å². The number of anilines is 1. The number of amides is 1. The summed E-state index contributed by atoms with van der Waals surface area (Å²) in [5.74, 6) is 0.209. The molecule has 0 aliphatic heterocycles. The predicted molar refractivity (Wildman–Crippen MR) is 77.7 cm³/mol. The van der Waals surface area contributed by atoms with E-state index >= 15 is 0 Å². The maximum absolute atomic E-state index is 12.0. The van der Waals surface area contributed by atoms with Gasteiger partial charge in [-0.1, -0.05) is 18.5 Å². The van der Waals surface area contributed by atoms with Gasteiger partial charge in [0.05, 0.1) is 23.4 Å². The number of hydrogen-bond acceptors (Lipinski definition) is 4. The van der Waals surface area contributed by atoms with Gasteiger partial charge in [-0.25, -0.2) is 0 Å². The molecule has 0 aromatic heterocycles. The molecule has 0 saturated heterocycles. The highest BCUT2D eigenvalue weighted by Crippen LogP contribution is 2.28. The van der Waals surface area contributed by atoms with Gasteiger partial charge in [0.2, 0.25) is 0 Å². The third-order valence-electron chi connectivity index (χ3n) is 2.52. The highest BCUT2D eigenvalue weighted by Gasteiger charge is 2.15. The first-order chi connectivity index (χ1) is 8.49. The molecule has 0 bridgehead atoms. The third kappa shape index (κ3) is 3.71. The van der Waals surface area contributed by atoms with Gasteiger partial charge in [-0.15, -0.1) is 0 Å². The van der Waals surface area contributed by atoms with Gasteiger partial charge in [0.1, 0.15) is 5.75 Å². The third-order valence-corrected chi connectivity index (χ3v) is 3.81. The number of nitrogens with one attached hydrogen (secondary N) is 1. The fourth-order valence-corrected chi connectivity index (χ4v) is 1.74. The number of ether oxygens (including phenoxy) is 1. The normalized spacial score (nSPS) is 12.0. The summed E-state index contributed by atoms with van der Waals surface area (Å²) in [5.41, 5.74) is 6.45. The second-order valence-electron chi connectivity index (χ2n) is 3.83. The molecule has 0 fully saturated rings. The van der Waals surface area contributed by atoms with Crippen LogP contribution in [0.5, 0.6) is 5.75 Å². The summed E-state index contributed by atoms with van der Waals surface area (Å²) in [7, 11) is 1.49. The molecule has 0 aliphatic carbocycles. The SMILES string of the molecule is COc1cc(N)c(Cl)cc1C(=O)NCC(C)SC. The van der Waals surface area contributed by atoms with Crippen molar-refractivity contribution >= 4 is 35.0 Å². The second kappa shape index (κ2) is 6.75. The lowest BCUT2D eigenvalue weighted by Gasteiger charge is -2.13. The Morgan fingerprint density at radius 2 is 2.28 bits per heavy atom. The van der Waals surface area contributed by atoms with Crippen LogP contribution in [0.1, 0.15) is 17.3 Å². The molecule has 1 atom stereocenters. The molecule has 3 N–H and O–H groups in total. The Labute approximate surface area is 116 Å². The number of rotatable bonds is 5. The first-order valence-electron chi connectivity index (χ1n) is 5.43. The minimum absolute atomic E-state index is 0.213. The highest BCUT2D eigenvalue weighted by atomic mass is 35.5. The van der Waals surface area contributed by atoms with Gasteiger partial charge in [0.15, 0.2) is 0 Å². The average Bonchev–Trinajstić information content (AvgIpc) is 2.37. The number of hydrogen-bond donors (Lipinski definition) is 2. The van der Waals surface area contributed by atoms with Gasteiger partial charge < -0.3 is 15.8 Å². The van der Waals surface area contributed by atoms with Gasteiger partial charge >= 0.3 is 0 Å². The van der Waals surface area contributed by atoms with Crippen LogP contribution in [0.4, 0.5) is 5.69 Å². The standard InChI is InChI=1S/C12H17ClN2O2S/c1-7(18-3)6-15-12(16)8-4-9(13)10(14)5-11(8)17-2/h4-5,7H,6,14H2,1-3H3,(H,15,16). The Bertz CT molecular complexity index is 440. The van der Waals surface area contributed by atoms with E-state index in [-0.39, 0.29) is 5.91 Å². The zero-order valence-corrected chi connectivity index (χ0v) is 12.2. The largest absolute Gasteiger partial charge is 0.496 e. The van der Waals surface area contributed by atoms with E-state index < -0.39 is 0 Å². The number of benzene rings is 1. The van der Waals surface area contributed by atoms with E-state index in [4.69, 9.17) is 22.1 Å². The van der Waals surface area contributed by atoms with Crippen LogP contribution in [0.15, 0.2) is 12.1 Å². The molecule has 1 rings (SSSR count). The van der Waals surface area contributed by atoms with Crippen LogP contribution >= 0.6 is 23.4 Å². The van der Waals surface area contributed by atoms with Crippen molar-refractivity contribution in [2.24, 2.45) is 0 Å². The second-order valence-corrected chi connectivity index (χ2v) is 5.51. The number of carbonyl (C=O) groups is 1. The van der Waals surface area contributed by atoms with Crippen molar-refractivity contribution in [1.29, 1.82) is 0 Å². The lowest BCUT2D eigenvalue weighted by Crippen LogP contribution is -2.29. The lowest BCUT2D eigenvalue weighted by molar-refractivity contribution is 0.0951. The summed E-state index contributed by atoms with van der Waals surface area (Å²) in [6.45, 7) is 2.63. The molecule has 6 heteroatoms. The van der Waals surface area contributed by atoms with Crippen molar-refractivity contribution in [2.45, 2.75) is 12.2 Å². The molecule has 100 valence electrons. The van der Waals surface area contributed by atoms with Crippen LogP contribution < -0.4 is 15.8 Å². The fourth-order valence-electron chi connectivity index (χ4n) is 1.33. The van der Waals surface area contributed by atoms with Crippen molar-refractivity contribution in [2.75, 3.05) is 25.6 Å². The number of nitrogens with two attached hydrogens (primary N) is 1. The highest BCUT2D eigenvalue weighted by molar-refractivity contribution is 7.99. The van der Waals surface area contributed by atoms with E-state index in [1.54, 1.807) is 17.8 Å². The van der Waals surface area contributed by atoms with Crippen LogP contribution in [-0.4, -0.2) is 31.1 Å². The molecule has 0 spiro atoms. The molecule has 18 heavy (non-hydrogen) atoms. The molecule has 0 saturated carbocycles. The summed E-state index contributed by atoms with van der Waals surface area (Å²) in [5, 5.41) is 3.53. The van der Waals surface area contributed by atoms with Gasteiger partial charge in [-0.2, -0.15) is 11.8 Å². The topological polar surface area (TPSA) is 64.3 Å². The van der Waals surface area contributed by atoms with E-state index in [2.05, 4.69) is 5.32 Å². The van der Waals surface area contributed by atoms with Gasteiger partial charge in [-0.05, 0) is 12.3 Å². The number of halogens is 1. The molecule has 1 amide bonds. The Morgan fingerprint density at radius 1 is 1.61 bits per heavy atom. The average molecular weight is 289 g/mol. The number of nitrogen functional groups attached to an aromatic ring is 1. The van der Waals surface area contributed by atoms with Crippen molar-refractivity contribution in [1.82, 2.24) is 5.32 Å². The molecule has 1 aromatic carbocycles. The van der Waals surface area contributed by atoms with Gasteiger partial charge in [0.25, 0.3) is 5.91 Å². The Balaban J connectivity index is 2.87. The van der Waals surface area contributed by atoms with Crippen molar-refractivity contribution in [3.8, 4) is 5.75 Å². The maximum Gasteiger partial charge on any atom is 0.255 e. The molecule has 1 aromatic rings. The fraction of sp³-hybridized carbons (Fsp3) is 0.417. The van der Waals surface area contributed by atoms with E-state index in [1.165, 1.54) is 13.2 Å². The van der Waals surface area contributed by atoms with Crippen molar-refractivity contribution in [3.63, 3.8) is 0 Å².